The summed E-state index contributed by atoms with van der Waals surface area (Å²) in [4.78, 5) is 2.44. The van der Waals surface area contributed by atoms with E-state index in [1.54, 1.807) is 0 Å². The molecule has 4 heteroatoms. The minimum Gasteiger partial charge on any atom is -0.456 e. The smallest absolute Gasteiger partial charge is 0.145 e. The Morgan fingerprint density at radius 1 is 0.293 bits per heavy atom. The molecular weight excluding hydrogens is 711 g/mol. The fourth-order valence-corrected chi connectivity index (χ4v) is 8.90. The van der Waals surface area contributed by atoms with Gasteiger partial charge in [-0.05, 0) is 82.9 Å². The van der Waals surface area contributed by atoms with Crippen LogP contribution in [0.5, 0.6) is 0 Å². The standard InChI is InChI=1S/C54H33NO3/c1-4-15-34(16-5-1)37-27-28-42-49(33-37)58-54-39(36-19-8-3-9-20-36)29-31-44(51(42)54)55(43-23-14-26-47-50(43)40-21-10-12-24-45(40)56-47)53-38(35-17-6-2-7-18-35)30-32-48-52(53)41-22-11-13-25-46(41)57-48/h1-33H. The lowest BCUT2D eigenvalue weighted by Gasteiger charge is -2.30. The van der Waals surface area contributed by atoms with Gasteiger partial charge in [0.15, 0.2) is 0 Å². The van der Waals surface area contributed by atoms with Crippen LogP contribution in [0.3, 0.4) is 0 Å². The molecule has 0 fully saturated rings. The zero-order valence-electron chi connectivity index (χ0n) is 31.2. The van der Waals surface area contributed by atoms with E-state index in [0.29, 0.717) is 0 Å². The van der Waals surface area contributed by atoms with Crippen LogP contribution in [-0.4, -0.2) is 0 Å². The molecule has 58 heavy (non-hydrogen) atoms. The van der Waals surface area contributed by atoms with Gasteiger partial charge in [-0.25, -0.2) is 0 Å². The van der Waals surface area contributed by atoms with Crippen molar-refractivity contribution in [1.82, 2.24) is 0 Å². The lowest BCUT2D eigenvalue weighted by molar-refractivity contribution is 0.669. The monoisotopic (exact) mass is 743 g/mol. The van der Waals surface area contributed by atoms with E-state index in [1.165, 1.54) is 0 Å². The fraction of sp³-hybridized carbons (Fsp3) is 0. The Balaban J connectivity index is 1.27. The molecule has 0 aliphatic rings. The zero-order chi connectivity index (χ0) is 38.2. The first-order valence-electron chi connectivity index (χ1n) is 19.6. The van der Waals surface area contributed by atoms with E-state index in [4.69, 9.17) is 13.3 Å². The van der Waals surface area contributed by atoms with Crippen LogP contribution >= 0.6 is 0 Å². The third-order valence-electron chi connectivity index (χ3n) is 11.5. The first-order chi connectivity index (χ1) is 28.8. The summed E-state index contributed by atoms with van der Waals surface area (Å²) in [6, 6.07) is 70.1. The Morgan fingerprint density at radius 2 is 0.828 bits per heavy atom. The molecule has 4 nitrogen and oxygen atoms in total. The Hall–Kier alpha value is -7.82. The fourth-order valence-electron chi connectivity index (χ4n) is 8.90. The molecule has 0 bridgehead atoms. The second-order valence-electron chi connectivity index (χ2n) is 14.8. The molecule has 272 valence electrons. The van der Waals surface area contributed by atoms with E-state index in [9.17, 15) is 0 Å². The van der Waals surface area contributed by atoms with E-state index in [-0.39, 0.29) is 0 Å². The van der Waals surface area contributed by atoms with Gasteiger partial charge >= 0.3 is 0 Å². The number of hydrogen-bond acceptors (Lipinski definition) is 4. The predicted octanol–water partition coefficient (Wildman–Crippen LogP) is 15.9. The zero-order valence-corrected chi connectivity index (χ0v) is 31.2. The van der Waals surface area contributed by atoms with Crippen molar-refractivity contribution in [1.29, 1.82) is 0 Å². The minimum atomic E-state index is 0.812. The topological polar surface area (TPSA) is 42.7 Å². The highest BCUT2D eigenvalue weighted by atomic mass is 16.3. The molecule has 12 rings (SSSR count). The lowest BCUT2D eigenvalue weighted by Crippen LogP contribution is -2.13. The van der Waals surface area contributed by atoms with E-state index in [0.717, 1.165) is 116 Å². The van der Waals surface area contributed by atoms with Gasteiger partial charge in [-0.2, -0.15) is 0 Å². The van der Waals surface area contributed by atoms with Crippen molar-refractivity contribution in [3.8, 4) is 33.4 Å². The molecule has 0 saturated heterocycles. The molecule has 3 heterocycles. The van der Waals surface area contributed by atoms with Gasteiger partial charge in [0.25, 0.3) is 0 Å². The van der Waals surface area contributed by atoms with Crippen molar-refractivity contribution < 1.29 is 13.3 Å². The van der Waals surface area contributed by atoms with Gasteiger partial charge in [0.05, 0.1) is 33.2 Å². The molecular formula is C54H33NO3. The second kappa shape index (κ2) is 12.9. The highest BCUT2D eigenvalue weighted by Crippen LogP contribution is 2.54. The average molecular weight is 744 g/mol. The number of furan rings is 3. The molecule has 9 aromatic carbocycles. The molecule has 0 N–H and O–H groups in total. The SMILES string of the molecule is c1ccc(-c2ccc3c(c2)oc2c(-c4ccccc4)ccc(N(c4cccc5oc6ccccc6c45)c4c(-c5ccccc5)ccc5oc6ccccc6c45)c23)cc1. The Morgan fingerprint density at radius 3 is 1.53 bits per heavy atom. The molecule has 0 amide bonds. The van der Waals surface area contributed by atoms with Crippen LogP contribution < -0.4 is 4.90 Å². The normalized spacial score (nSPS) is 11.8. The van der Waals surface area contributed by atoms with Crippen molar-refractivity contribution in [2.24, 2.45) is 0 Å². The van der Waals surface area contributed by atoms with Crippen molar-refractivity contribution in [2.45, 2.75) is 0 Å². The molecule has 0 radical (unpaired) electrons. The second-order valence-corrected chi connectivity index (χ2v) is 14.8. The Bertz CT molecular complexity index is 3500. The van der Waals surface area contributed by atoms with Crippen molar-refractivity contribution in [3.63, 3.8) is 0 Å². The van der Waals surface area contributed by atoms with E-state index < -0.39 is 0 Å². The van der Waals surface area contributed by atoms with Crippen LogP contribution in [0.4, 0.5) is 17.1 Å². The van der Waals surface area contributed by atoms with Crippen molar-refractivity contribution in [2.75, 3.05) is 4.90 Å². The van der Waals surface area contributed by atoms with E-state index in [2.05, 4.69) is 181 Å². The first-order valence-corrected chi connectivity index (χ1v) is 19.6. The summed E-state index contributed by atoms with van der Waals surface area (Å²) >= 11 is 0. The number of fused-ring (bicyclic) bond motifs is 9. The maximum absolute atomic E-state index is 7.10. The molecule has 0 unspecified atom stereocenters. The van der Waals surface area contributed by atoms with Gasteiger partial charge in [0.1, 0.15) is 33.5 Å². The van der Waals surface area contributed by atoms with Crippen molar-refractivity contribution in [3.05, 3.63) is 200 Å². The minimum absolute atomic E-state index is 0.812. The summed E-state index contributed by atoms with van der Waals surface area (Å²) in [5.41, 5.74) is 14.4. The number of hydrogen-bond donors (Lipinski definition) is 0. The molecule has 0 spiro atoms. The van der Waals surface area contributed by atoms with Crippen LogP contribution in [0.2, 0.25) is 0 Å². The third-order valence-corrected chi connectivity index (χ3v) is 11.5. The quantitative estimate of drug-likeness (QED) is 0.170. The van der Waals surface area contributed by atoms with Crippen LogP contribution in [0.15, 0.2) is 213 Å². The van der Waals surface area contributed by atoms with E-state index in [1.807, 2.05) is 24.3 Å². The molecule has 3 aromatic heterocycles. The number of anilines is 3. The molecule has 0 aliphatic carbocycles. The summed E-state index contributed by atoms with van der Waals surface area (Å²) in [7, 11) is 0. The third kappa shape index (κ3) is 4.95. The maximum Gasteiger partial charge on any atom is 0.145 e. The van der Waals surface area contributed by atoms with Gasteiger partial charge in [-0.3, -0.25) is 0 Å². The van der Waals surface area contributed by atoms with E-state index >= 15 is 0 Å². The summed E-state index contributed by atoms with van der Waals surface area (Å²) in [5, 5.41) is 6.20. The van der Waals surface area contributed by atoms with Gasteiger partial charge in [0.2, 0.25) is 0 Å². The molecule has 0 saturated carbocycles. The van der Waals surface area contributed by atoms with Crippen LogP contribution in [-0.2, 0) is 0 Å². The number of para-hydroxylation sites is 2. The van der Waals surface area contributed by atoms with Crippen LogP contribution in [0.1, 0.15) is 0 Å². The number of nitrogens with zero attached hydrogens (tertiary/aromatic N) is 1. The lowest BCUT2D eigenvalue weighted by atomic mass is 9.95. The number of rotatable bonds is 6. The van der Waals surface area contributed by atoms with Crippen LogP contribution in [0.25, 0.3) is 99.2 Å². The summed E-state index contributed by atoms with van der Waals surface area (Å²) in [6.07, 6.45) is 0. The summed E-state index contributed by atoms with van der Waals surface area (Å²) in [6.45, 7) is 0. The Kier molecular flexibility index (Phi) is 7.20. The average Bonchev–Trinajstić information content (AvgIpc) is 3.99. The largest absolute Gasteiger partial charge is 0.456 e. The molecule has 12 aromatic rings. The van der Waals surface area contributed by atoms with Crippen LogP contribution in [0, 0.1) is 0 Å². The van der Waals surface area contributed by atoms with Gasteiger partial charge < -0.3 is 18.2 Å². The van der Waals surface area contributed by atoms with Gasteiger partial charge in [-0.1, -0.05) is 140 Å². The Labute approximate surface area is 333 Å². The summed E-state index contributed by atoms with van der Waals surface area (Å²) < 4.78 is 20.3. The molecule has 0 aliphatic heterocycles. The highest BCUT2D eigenvalue weighted by molar-refractivity contribution is 6.24. The van der Waals surface area contributed by atoms with Crippen molar-refractivity contribution >= 4 is 82.9 Å². The van der Waals surface area contributed by atoms with Gasteiger partial charge in [0, 0.05) is 27.3 Å². The summed E-state index contributed by atoms with van der Waals surface area (Å²) in [5.74, 6) is 0. The predicted molar refractivity (Wildman–Crippen MR) is 239 cm³/mol. The maximum atomic E-state index is 7.10. The highest BCUT2D eigenvalue weighted by Gasteiger charge is 2.29. The van der Waals surface area contributed by atoms with Gasteiger partial charge in [-0.15, -0.1) is 0 Å². The first kappa shape index (κ1) is 32.4. The number of benzene rings is 9. The molecule has 0 atom stereocenters.